The Balaban J connectivity index is 2.31. The number of nitrogens with zero attached hydrogens (tertiary/aromatic N) is 1. The molecule has 0 radical (unpaired) electrons. The lowest BCUT2D eigenvalue weighted by Crippen LogP contribution is -2.31. The average molecular weight is 339 g/mol. The van der Waals surface area contributed by atoms with E-state index in [4.69, 9.17) is 6.42 Å². The predicted octanol–water partition coefficient (Wildman–Crippen LogP) is 3.94. The van der Waals surface area contributed by atoms with Crippen LogP contribution in [0.3, 0.4) is 0 Å². The van der Waals surface area contributed by atoms with Gasteiger partial charge in [-0.15, -0.1) is 6.42 Å². The monoisotopic (exact) mass is 339 g/mol. The number of hydrogen-bond donors (Lipinski definition) is 0. The number of allylic oxidation sites excluding steroid dienone is 1. The van der Waals surface area contributed by atoms with E-state index in [1.807, 2.05) is 62.4 Å². The van der Waals surface area contributed by atoms with Crippen LogP contribution in [0.1, 0.15) is 13.8 Å². The normalized spacial score (nSPS) is 11.1. The molecule has 3 nitrogen and oxygen atoms in total. The Kier molecular flexibility index (Phi) is 5.97. The molecule has 0 fully saturated rings. The molecule has 0 atom stereocenters. The van der Waals surface area contributed by atoms with E-state index in [-0.39, 0.29) is 18.0 Å². The lowest BCUT2D eigenvalue weighted by Gasteiger charge is -2.18. The van der Waals surface area contributed by atoms with E-state index < -0.39 is 10.0 Å². The predicted molar refractivity (Wildman–Crippen MR) is 98.9 cm³/mol. The summed E-state index contributed by atoms with van der Waals surface area (Å²) in [4.78, 5) is 0.250. The van der Waals surface area contributed by atoms with Crippen molar-refractivity contribution < 1.29 is 8.42 Å². The molecular formula is C20H21NO2S. The summed E-state index contributed by atoms with van der Waals surface area (Å²) in [6.45, 7) is 4.17. The zero-order valence-corrected chi connectivity index (χ0v) is 14.8. The van der Waals surface area contributed by atoms with Gasteiger partial charge in [0.2, 0.25) is 10.0 Å². The van der Waals surface area contributed by atoms with Crippen LogP contribution in [0.15, 0.2) is 71.1 Å². The van der Waals surface area contributed by atoms with E-state index in [9.17, 15) is 8.42 Å². The van der Waals surface area contributed by atoms with Crippen LogP contribution in [-0.4, -0.2) is 25.8 Å². The molecule has 2 rings (SSSR count). The van der Waals surface area contributed by atoms with E-state index >= 15 is 0 Å². The molecule has 0 saturated heterocycles. The minimum atomic E-state index is -3.61. The average Bonchev–Trinajstić information content (AvgIpc) is 2.59. The lowest BCUT2D eigenvalue weighted by atomic mass is 10.1. The highest BCUT2D eigenvalue weighted by Gasteiger charge is 2.22. The number of benzene rings is 2. The molecule has 2 aromatic carbocycles. The van der Waals surface area contributed by atoms with Gasteiger partial charge in [-0.3, -0.25) is 0 Å². The van der Waals surface area contributed by atoms with Gasteiger partial charge in [0.05, 0.1) is 11.4 Å². The third-order valence-corrected chi connectivity index (χ3v) is 5.40. The highest BCUT2D eigenvalue weighted by molar-refractivity contribution is 7.89. The van der Waals surface area contributed by atoms with Gasteiger partial charge < -0.3 is 0 Å². The van der Waals surface area contributed by atoms with Gasteiger partial charge in [0, 0.05) is 6.54 Å². The Hall–Kier alpha value is -2.35. The third-order valence-electron chi connectivity index (χ3n) is 3.57. The first-order chi connectivity index (χ1) is 11.4. The van der Waals surface area contributed by atoms with E-state index in [1.165, 1.54) is 4.31 Å². The molecule has 0 amide bonds. The first-order valence-electron chi connectivity index (χ1n) is 7.67. The molecule has 0 aliphatic carbocycles. The molecule has 0 N–H and O–H groups in total. The van der Waals surface area contributed by atoms with Gasteiger partial charge in [-0.05, 0) is 37.1 Å². The van der Waals surface area contributed by atoms with Crippen LogP contribution in [0.25, 0.3) is 11.1 Å². The summed E-state index contributed by atoms with van der Waals surface area (Å²) in [5, 5.41) is 0. The van der Waals surface area contributed by atoms with Crippen LogP contribution in [0.4, 0.5) is 0 Å². The quantitative estimate of drug-likeness (QED) is 0.590. The number of sulfonamides is 1. The molecule has 0 saturated carbocycles. The molecule has 2 aromatic rings. The van der Waals surface area contributed by atoms with Crippen molar-refractivity contribution in [3.8, 4) is 23.5 Å². The Bertz CT molecular complexity index is 841. The Labute approximate surface area is 144 Å². The first-order valence-corrected chi connectivity index (χ1v) is 9.11. The van der Waals surface area contributed by atoms with Crippen molar-refractivity contribution in [1.29, 1.82) is 0 Å². The Morgan fingerprint density at radius 1 is 1.04 bits per heavy atom. The summed E-state index contributed by atoms with van der Waals surface area (Å²) in [6, 6.07) is 16.7. The lowest BCUT2D eigenvalue weighted by molar-refractivity contribution is 0.477. The second kappa shape index (κ2) is 7.96. The highest BCUT2D eigenvalue weighted by Crippen LogP contribution is 2.22. The molecule has 0 bridgehead atoms. The SMILES string of the molecule is C#CCN(CC=C(C)C)S(=O)(=O)c1ccc(-c2ccccc2)cc1. The molecule has 0 unspecified atom stereocenters. The Morgan fingerprint density at radius 3 is 2.17 bits per heavy atom. The largest absolute Gasteiger partial charge is 0.244 e. The van der Waals surface area contributed by atoms with Gasteiger partial charge in [-0.2, -0.15) is 4.31 Å². The third kappa shape index (κ3) is 4.35. The molecule has 4 heteroatoms. The van der Waals surface area contributed by atoms with Crippen molar-refractivity contribution >= 4 is 10.0 Å². The molecule has 0 aliphatic rings. The van der Waals surface area contributed by atoms with Crippen molar-refractivity contribution in [3.05, 3.63) is 66.2 Å². The zero-order chi connectivity index (χ0) is 17.6. The van der Waals surface area contributed by atoms with Gasteiger partial charge in [0.25, 0.3) is 0 Å². The van der Waals surface area contributed by atoms with E-state index in [0.717, 1.165) is 16.7 Å². The molecule has 24 heavy (non-hydrogen) atoms. The van der Waals surface area contributed by atoms with Crippen molar-refractivity contribution in [1.82, 2.24) is 4.31 Å². The molecular weight excluding hydrogens is 318 g/mol. The van der Waals surface area contributed by atoms with Crippen molar-refractivity contribution in [2.24, 2.45) is 0 Å². The second-order valence-electron chi connectivity index (χ2n) is 5.67. The van der Waals surface area contributed by atoms with Gasteiger partial charge >= 0.3 is 0 Å². The standard InChI is InChI=1S/C20H21NO2S/c1-4-15-21(16-14-17(2)3)24(22,23)20-12-10-19(11-13-20)18-8-6-5-7-9-18/h1,5-14H,15-16H2,2-3H3. The number of rotatable bonds is 6. The molecule has 0 aromatic heterocycles. The maximum atomic E-state index is 12.8. The van der Waals surface area contributed by atoms with Crippen molar-refractivity contribution in [2.75, 3.05) is 13.1 Å². The van der Waals surface area contributed by atoms with Crippen molar-refractivity contribution in [2.45, 2.75) is 18.7 Å². The molecule has 124 valence electrons. The summed E-state index contributed by atoms with van der Waals surface area (Å²) in [6.07, 6.45) is 7.19. The maximum Gasteiger partial charge on any atom is 0.244 e. The van der Waals surface area contributed by atoms with Gasteiger partial charge in [-0.25, -0.2) is 8.42 Å². The molecule has 0 aliphatic heterocycles. The van der Waals surface area contributed by atoms with E-state index in [2.05, 4.69) is 5.92 Å². The highest BCUT2D eigenvalue weighted by atomic mass is 32.2. The Morgan fingerprint density at radius 2 is 1.62 bits per heavy atom. The van der Waals surface area contributed by atoms with Crippen LogP contribution in [0.5, 0.6) is 0 Å². The minimum absolute atomic E-state index is 0.0482. The number of hydrogen-bond acceptors (Lipinski definition) is 2. The fourth-order valence-electron chi connectivity index (χ4n) is 2.23. The van der Waals surface area contributed by atoms with Crippen LogP contribution >= 0.6 is 0 Å². The van der Waals surface area contributed by atoms with Crippen LogP contribution in [0.2, 0.25) is 0 Å². The smallest absolute Gasteiger partial charge is 0.207 e. The van der Waals surface area contributed by atoms with Crippen LogP contribution in [0, 0.1) is 12.3 Å². The molecule has 0 heterocycles. The van der Waals surface area contributed by atoms with E-state index in [0.29, 0.717) is 0 Å². The van der Waals surface area contributed by atoms with E-state index in [1.54, 1.807) is 12.1 Å². The summed E-state index contributed by atoms with van der Waals surface area (Å²) in [5.74, 6) is 2.42. The maximum absolute atomic E-state index is 12.8. The minimum Gasteiger partial charge on any atom is -0.207 e. The first kappa shape index (κ1) is 18.0. The topological polar surface area (TPSA) is 37.4 Å². The second-order valence-corrected chi connectivity index (χ2v) is 7.61. The summed E-state index contributed by atoms with van der Waals surface area (Å²) < 4.78 is 26.9. The fourth-order valence-corrected chi connectivity index (χ4v) is 3.53. The summed E-state index contributed by atoms with van der Waals surface area (Å²) >= 11 is 0. The number of terminal acetylenes is 1. The molecule has 0 spiro atoms. The van der Waals surface area contributed by atoms with Gasteiger partial charge in [0.1, 0.15) is 0 Å². The summed E-state index contributed by atoms with van der Waals surface area (Å²) in [7, 11) is -3.61. The summed E-state index contributed by atoms with van der Waals surface area (Å²) in [5.41, 5.74) is 3.07. The van der Waals surface area contributed by atoms with Crippen LogP contribution in [-0.2, 0) is 10.0 Å². The van der Waals surface area contributed by atoms with Crippen molar-refractivity contribution in [3.63, 3.8) is 0 Å². The van der Waals surface area contributed by atoms with Gasteiger partial charge in [0.15, 0.2) is 0 Å². The fraction of sp³-hybridized carbons (Fsp3) is 0.200. The zero-order valence-electron chi connectivity index (χ0n) is 13.9. The van der Waals surface area contributed by atoms with Crippen LogP contribution < -0.4 is 0 Å². The van der Waals surface area contributed by atoms with Gasteiger partial charge in [-0.1, -0.05) is 60.0 Å².